The van der Waals surface area contributed by atoms with Crippen molar-refractivity contribution in [3.8, 4) is 5.75 Å². The van der Waals surface area contributed by atoms with Crippen molar-refractivity contribution in [1.29, 1.82) is 0 Å². The van der Waals surface area contributed by atoms with E-state index in [4.69, 9.17) is 4.74 Å². The predicted molar refractivity (Wildman–Crippen MR) is 131 cm³/mol. The van der Waals surface area contributed by atoms with E-state index in [1.165, 1.54) is 25.1 Å². The summed E-state index contributed by atoms with van der Waals surface area (Å²) in [6, 6.07) is 7.00. The van der Waals surface area contributed by atoms with Crippen molar-refractivity contribution in [2.45, 2.75) is 62.8 Å². The third-order valence-electron chi connectivity index (χ3n) is 6.81. The van der Waals surface area contributed by atoms with Gasteiger partial charge < -0.3 is 14.6 Å². The highest BCUT2D eigenvalue weighted by Crippen LogP contribution is 2.51. The van der Waals surface area contributed by atoms with Crippen LogP contribution in [0.3, 0.4) is 0 Å². The number of carbonyl (C=O) groups excluding carboxylic acids is 1. The lowest BCUT2D eigenvalue weighted by Gasteiger charge is -2.36. The topological polar surface area (TPSA) is 122 Å². The molecule has 212 valence electrons. The number of nitrogens with one attached hydrogen (secondary N) is 1. The molecule has 9 nitrogen and oxygen atoms in total. The maximum atomic E-state index is 13.9. The quantitative estimate of drug-likeness (QED) is 0.434. The Morgan fingerprint density at radius 1 is 1.18 bits per heavy atom. The van der Waals surface area contributed by atoms with Crippen molar-refractivity contribution in [3.63, 3.8) is 0 Å². The van der Waals surface area contributed by atoms with Crippen molar-refractivity contribution < 1.29 is 50.1 Å². The van der Waals surface area contributed by atoms with Gasteiger partial charge >= 0.3 is 18.2 Å². The van der Waals surface area contributed by atoms with Crippen molar-refractivity contribution in [2.24, 2.45) is 5.41 Å². The molecule has 2 aliphatic rings. The molecule has 1 aliphatic heterocycles. The fourth-order valence-corrected chi connectivity index (χ4v) is 5.74. The van der Waals surface area contributed by atoms with Gasteiger partial charge in [0.15, 0.2) is 0 Å². The maximum absolute atomic E-state index is 13.9. The Morgan fingerprint density at radius 2 is 1.85 bits per heavy atom. The molecule has 0 bridgehead atoms. The summed E-state index contributed by atoms with van der Waals surface area (Å²) in [6.07, 6.45) is -6.24. The van der Waals surface area contributed by atoms with Crippen LogP contribution in [0.4, 0.5) is 33.7 Å². The second-order valence-corrected chi connectivity index (χ2v) is 12.0. The molecule has 1 aliphatic carbocycles. The van der Waals surface area contributed by atoms with Gasteiger partial charge in [-0.15, -0.1) is 0 Å². The average molecular weight is 575 g/mol. The molecule has 4 rings (SSSR count). The summed E-state index contributed by atoms with van der Waals surface area (Å²) in [5.74, 6) is -1.58. The Bertz CT molecular complexity index is 1420. The van der Waals surface area contributed by atoms with E-state index in [0.717, 1.165) is 22.5 Å². The summed E-state index contributed by atoms with van der Waals surface area (Å²) in [4.78, 5) is 23.7. The fourth-order valence-electron chi connectivity index (χ4n) is 4.15. The number of hydrogen-bond donors (Lipinski definition) is 2. The van der Waals surface area contributed by atoms with E-state index in [1.807, 2.05) is 0 Å². The minimum Gasteiger partial charge on any atom is -0.486 e. The third-order valence-corrected chi connectivity index (χ3v) is 8.59. The van der Waals surface area contributed by atoms with Gasteiger partial charge in [0.1, 0.15) is 17.7 Å². The SMILES string of the molecule is Cc1cc(S(=O)(=O)N2C[C@@H](CC3(C(=O)O)CC3)Oc3ccc(NC(=O)OC(C)(C)C(F)(F)F)cc32)ccc1F. The molecule has 0 spiro atoms. The van der Waals surface area contributed by atoms with E-state index in [1.54, 1.807) is 0 Å². The number of anilines is 2. The number of sulfonamides is 1. The van der Waals surface area contributed by atoms with E-state index in [-0.39, 0.29) is 40.5 Å². The molecule has 2 N–H and O–H groups in total. The van der Waals surface area contributed by atoms with Gasteiger partial charge in [0.05, 0.1) is 22.5 Å². The van der Waals surface area contributed by atoms with Crippen LogP contribution >= 0.6 is 0 Å². The smallest absolute Gasteiger partial charge is 0.427 e. The molecule has 1 amide bonds. The first-order chi connectivity index (χ1) is 17.9. The normalized spacial score (nSPS) is 18.5. The lowest BCUT2D eigenvalue weighted by molar-refractivity contribution is -0.242. The maximum Gasteiger partial charge on any atom is 0.427 e. The molecule has 1 saturated carbocycles. The summed E-state index contributed by atoms with van der Waals surface area (Å²) < 4.78 is 92.0. The number of fused-ring (bicyclic) bond motifs is 1. The minimum atomic E-state index is -4.84. The van der Waals surface area contributed by atoms with Gasteiger partial charge in [-0.3, -0.25) is 14.4 Å². The fraction of sp³-hybridized carbons (Fsp3) is 0.440. The molecule has 1 heterocycles. The largest absolute Gasteiger partial charge is 0.486 e. The number of carbonyl (C=O) groups is 2. The number of benzene rings is 2. The molecule has 0 unspecified atom stereocenters. The number of alkyl halides is 3. The van der Waals surface area contributed by atoms with Gasteiger partial charge in [-0.2, -0.15) is 13.2 Å². The highest BCUT2D eigenvalue weighted by molar-refractivity contribution is 7.92. The number of carboxylic acids is 1. The van der Waals surface area contributed by atoms with E-state index in [0.29, 0.717) is 26.7 Å². The molecule has 0 saturated heterocycles. The zero-order valence-corrected chi connectivity index (χ0v) is 22.0. The first-order valence-corrected chi connectivity index (χ1v) is 13.3. The third kappa shape index (κ3) is 5.60. The predicted octanol–water partition coefficient (Wildman–Crippen LogP) is 5.23. The van der Waals surface area contributed by atoms with Crippen LogP contribution in [0.5, 0.6) is 5.75 Å². The Hall–Kier alpha value is -3.55. The first-order valence-electron chi connectivity index (χ1n) is 11.8. The second kappa shape index (κ2) is 9.57. The molecule has 1 atom stereocenters. The summed E-state index contributed by atoms with van der Waals surface area (Å²) in [5, 5.41) is 11.8. The van der Waals surface area contributed by atoms with Crippen LogP contribution in [0.25, 0.3) is 0 Å². The van der Waals surface area contributed by atoms with Crippen LogP contribution in [-0.4, -0.2) is 50.0 Å². The number of aliphatic carboxylic acids is 1. The van der Waals surface area contributed by atoms with Gasteiger partial charge in [0.2, 0.25) is 5.60 Å². The van der Waals surface area contributed by atoms with Crippen LogP contribution < -0.4 is 14.4 Å². The van der Waals surface area contributed by atoms with Gasteiger partial charge in [0, 0.05) is 12.1 Å². The van der Waals surface area contributed by atoms with Crippen LogP contribution in [0.1, 0.15) is 38.7 Å². The van der Waals surface area contributed by atoms with Crippen molar-refractivity contribution in [2.75, 3.05) is 16.2 Å². The number of halogens is 4. The van der Waals surface area contributed by atoms with Gasteiger partial charge in [-0.05, 0) is 75.6 Å². The number of nitrogens with zero attached hydrogens (tertiary/aromatic N) is 1. The monoisotopic (exact) mass is 574 g/mol. The second-order valence-electron chi connectivity index (χ2n) is 10.2. The number of carboxylic acid groups (broad SMARTS) is 1. The van der Waals surface area contributed by atoms with E-state index in [2.05, 4.69) is 10.1 Å². The summed E-state index contributed by atoms with van der Waals surface area (Å²) in [5.41, 5.74) is -3.88. The Labute approximate surface area is 221 Å². The average Bonchev–Trinajstić information content (AvgIpc) is 3.60. The number of hydrogen-bond acceptors (Lipinski definition) is 6. The molecule has 39 heavy (non-hydrogen) atoms. The first kappa shape index (κ1) is 28.5. The van der Waals surface area contributed by atoms with E-state index in [9.17, 15) is 40.7 Å². The standard InChI is InChI=1S/C25H26F4N2O7S/c1-14-10-17(5-6-18(14)26)39(35,36)31-13-16(12-24(8-9-24)21(32)33)37-20-7-4-15(11-19(20)31)30-22(34)38-23(2,3)25(27,28)29/h4-7,10-11,16H,8-9,12-13H2,1-3H3,(H,30,34)(H,32,33)/t16-/m1/s1. The highest BCUT2D eigenvalue weighted by atomic mass is 32.2. The van der Waals surface area contributed by atoms with Crippen molar-refractivity contribution in [3.05, 3.63) is 47.8 Å². The number of aryl methyl sites for hydroxylation is 1. The number of rotatable bonds is 7. The van der Waals surface area contributed by atoms with Crippen LogP contribution in [0.15, 0.2) is 41.3 Å². The minimum absolute atomic E-state index is 0.0368. The molecular weight excluding hydrogens is 548 g/mol. The zero-order valence-electron chi connectivity index (χ0n) is 21.1. The molecule has 0 aromatic heterocycles. The number of ether oxygens (including phenoxy) is 2. The summed E-state index contributed by atoms with van der Waals surface area (Å²) in [7, 11) is -4.35. The van der Waals surface area contributed by atoms with Crippen LogP contribution in [-0.2, 0) is 19.6 Å². The van der Waals surface area contributed by atoms with Gasteiger partial charge in [-0.1, -0.05) is 0 Å². The highest BCUT2D eigenvalue weighted by Gasteiger charge is 2.53. The molecule has 2 aromatic carbocycles. The summed E-state index contributed by atoms with van der Waals surface area (Å²) in [6.45, 7) is 2.45. The Kier molecular flexibility index (Phi) is 6.99. The van der Waals surface area contributed by atoms with Gasteiger partial charge in [-0.25, -0.2) is 17.6 Å². The summed E-state index contributed by atoms with van der Waals surface area (Å²) >= 11 is 0. The van der Waals surface area contributed by atoms with E-state index >= 15 is 0 Å². The van der Waals surface area contributed by atoms with E-state index < -0.39 is 51.2 Å². The van der Waals surface area contributed by atoms with Gasteiger partial charge in [0.25, 0.3) is 10.0 Å². The van der Waals surface area contributed by atoms with Crippen molar-refractivity contribution >= 4 is 33.5 Å². The van der Waals surface area contributed by atoms with Crippen LogP contribution in [0.2, 0.25) is 0 Å². The lowest BCUT2D eigenvalue weighted by atomic mass is 9.97. The Morgan fingerprint density at radius 3 is 2.41 bits per heavy atom. The van der Waals surface area contributed by atoms with Crippen molar-refractivity contribution in [1.82, 2.24) is 0 Å². The molecule has 14 heteroatoms. The zero-order chi connectivity index (χ0) is 29.0. The molecule has 1 fully saturated rings. The molecule has 2 aromatic rings. The lowest BCUT2D eigenvalue weighted by Crippen LogP contribution is -2.45. The molecular formula is C25H26F4N2O7S. The number of amides is 1. The Balaban J connectivity index is 1.69. The van der Waals surface area contributed by atoms with Crippen LogP contribution in [0, 0.1) is 18.2 Å². The molecule has 0 radical (unpaired) electrons.